The minimum Gasteiger partial charge on any atom is -0.480 e. The summed E-state index contributed by atoms with van der Waals surface area (Å²) in [6.07, 6.45) is -1.43. The number of amidine groups is 1. The molecule has 2 aliphatic heterocycles. The Morgan fingerprint density at radius 1 is 1.24 bits per heavy atom. The molecule has 1 saturated heterocycles. The van der Waals surface area contributed by atoms with Crippen molar-refractivity contribution >= 4 is 34.6 Å². The Hall–Kier alpha value is -4.14. The van der Waals surface area contributed by atoms with Gasteiger partial charge >= 0.3 is 12.1 Å². The number of aromatic nitrogens is 3. The fourth-order valence-corrected chi connectivity index (χ4v) is 4.42. The summed E-state index contributed by atoms with van der Waals surface area (Å²) in [7, 11) is 0. The lowest BCUT2D eigenvalue weighted by atomic mass is 10.1. The zero-order valence-corrected chi connectivity index (χ0v) is 19.6. The maximum Gasteiger partial charge on any atom is 0.407 e. The van der Waals surface area contributed by atoms with E-state index in [9.17, 15) is 19.8 Å². The Labute approximate surface area is 210 Å². The molecule has 0 saturated carbocycles. The number of carbonyl (C=O) groups is 2. The van der Waals surface area contributed by atoms with Crippen LogP contribution in [0, 0.1) is 0 Å². The van der Waals surface area contributed by atoms with Crippen LogP contribution in [0.1, 0.15) is 17.5 Å². The molecule has 2 aliphatic rings. The molecule has 4 heterocycles. The summed E-state index contributed by atoms with van der Waals surface area (Å²) in [6.45, 7) is -0.0926. The highest BCUT2D eigenvalue weighted by molar-refractivity contribution is 6.02. The summed E-state index contributed by atoms with van der Waals surface area (Å²) in [4.78, 5) is 34.3. The third-order valence-electron chi connectivity index (χ3n) is 6.24. The van der Waals surface area contributed by atoms with Crippen LogP contribution in [0.3, 0.4) is 0 Å². The molecule has 0 bridgehead atoms. The third-order valence-corrected chi connectivity index (χ3v) is 6.24. The van der Waals surface area contributed by atoms with Crippen LogP contribution in [-0.4, -0.2) is 92.4 Å². The number of amides is 1. The lowest BCUT2D eigenvalue weighted by Gasteiger charge is -2.22. The van der Waals surface area contributed by atoms with E-state index in [0.29, 0.717) is 23.9 Å². The molecule has 4 unspecified atom stereocenters. The molecule has 5 rings (SSSR count). The van der Waals surface area contributed by atoms with E-state index in [2.05, 4.69) is 31.7 Å². The van der Waals surface area contributed by atoms with Crippen LogP contribution in [0.25, 0.3) is 10.9 Å². The van der Waals surface area contributed by atoms with Crippen LogP contribution in [0.15, 0.2) is 41.8 Å². The van der Waals surface area contributed by atoms with Crippen molar-refractivity contribution < 1.29 is 34.4 Å². The molecule has 1 fully saturated rings. The predicted octanol–water partition coefficient (Wildman–Crippen LogP) is -0.244. The van der Waals surface area contributed by atoms with E-state index in [1.807, 2.05) is 29.7 Å². The average Bonchev–Trinajstić information content (AvgIpc) is 3.58. The van der Waals surface area contributed by atoms with E-state index in [0.717, 1.165) is 11.9 Å². The molecule has 1 amide bonds. The molecule has 14 nitrogen and oxygen atoms in total. The number of aliphatic hydroxyl groups excluding tert-OH is 2. The van der Waals surface area contributed by atoms with Gasteiger partial charge in [0.1, 0.15) is 49.6 Å². The van der Waals surface area contributed by atoms with Gasteiger partial charge in [-0.25, -0.2) is 14.8 Å². The number of para-hydroxylation sites is 1. The number of aliphatic hydroxyl groups is 2. The second kappa shape index (κ2) is 10.5. The average molecular weight is 514 g/mol. The smallest absolute Gasteiger partial charge is 0.407 e. The van der Waals surface area contributed by atoms with Gasteiger partial charge in [0.25, 0.3) is 0 Å². The summed E-state index contributed by atoms with van der Waals surface area (Å²) in [5.41, 5.74) is 2.81. The Morgan fingerprint density at radius 3 is 2.92 bits per heavy atom. The fraction of sp³-hybridized carbons (Fsp3) is 0.391. The highest BCUT2D eigenvalue weighted by atomic mass is 16.6. The fourth-order valence-electron chi connectivity index (χ4n) is 4.42. The normalized spacial score (nSPS) is 22.7. The first-order valence-corrected chi connectivity index (χ1v) is 11.7. The number of aliphatic carboxylic acids is 1. The number of anilines is 1. The van der Waals surface area contributed by atoms with Crippen molar-refractivity contribution in [3.63, 3.8) is 0 Å². The number of imidazole rings is 1. The number of H-pyrrole nitrogens is 1. The molecule has 3 aromatic rings. The lowest BCUT2D eigenvalue weighted by Crippen LogP contribution is -2.37. The molecule has 1 aromatic carbocycles. The van der Waals surface area contributed by atoms with Gasteiger partial charge in [0, 0.05) is 23.6 Å². The van der Waals surface area contributed by atoms with Gasteiger partial charge in [0.05, 0.1) is 6.33 Å². The van der Waals surface area contributed by atoms with E-state index < -0.39 is 43.1 Å². The van der Waals surface area contributed by atoms with Gasteiger partial charge in [0.15, 0.2) is 12.1 Å². The molecule has 4 atom stereocenters. The molecule has 2 aromatic heterocycles. The highest BCUT2D eigenvalue weighted by Gasteiger charge is 2.45. The number of nitrogens with zero attached hydrogens (tertiary/aromatic N) is 3. The standard InChI is InChI=1S/C23H27N7O7/c31-16(32)8-26-23(35)36-9-15-18(33)19(34)22(37-15)30-11-29-17-20(27-10-28-21(17)30)24-6-5-12-7-25-14-4-2-1-3-13(12)14/h1-4,7,11,15,18-19,22,25,28,33-34H,5-6,8-10H2,(H,24,27)(H,26,35)(H,31,32). The van der Waals surface area contributed by atoms with Crippen molar-refractivity contribution in [2.24, 2.45) is 4.99 Å². The minimum absolute atomic E-state index is 0.274. The van der Waals surface area contributed by atoms with Gasteiger partial charge in [-0.1, -0.05) is 18.2 Å². The van der Waals surface area contributed by atoms with Crippen LogP contribution in [0.4, 0.5) is 10.6 Å². The number of hydrogen-bond donors (Lipinski definition) is 7. The molecular weight excluding hydrogens is 486 g/mol. The number of carboxylic acid groups (broad SMARTS) is 1. The topological polar surface area (TPSA) is 195 Å². The van der Waals surface area contributed by atoms with Crippen LogP contribution in [0.2, 0.25) is 0 Å². The van der Waals surface area contributed by atoms with Crippen LogP contribution < -0.4 is 16.0 Å². The van der Waals surface area contributed by atoms with Crippen molar-refractivity contribution in [2.45, 2.75) is 31.0 Å². The van der Waals surface area contributed by atoms with E-state index >= 15 is 0 Å². The molecule has 0 radical (unpaired) electrons. The zero-order chi connectivity index (χ0) is 25.9. The number of fused-ring (bicyclic) bond motifs is 2. The number of carbonyl (C=O) groups excluding carboxylic acids is 1. The van der Waals surface area contributed by atoms with Crippen molar-refractivity contribution in [3.8, 4) is 0 Å². The van der Waals surface area contributed by atoms with Crippen molar-refractivity contribution in [1.29, 1.82) is 0 Å². The lowest BCUT2D eigenvalue weighted by molar-refractivity contribution is -0.135. The molecule has 0 spiro atoms. The number of nitrogens with one attached hydrogen (secondary N) is 4. The molecule has 14 heteroatoms. The Bertz CT molecular complexity index is 1320. The summed E-state index contributed by atoms with van der Waals surface area (Å²) < 4.78 is 12.2. The minimum atomic E-state index is -1.35. The van der Waals surface area contributed by atoms with Gasteiger partial charge in [0.2, 0.25) is 0 Å². The highest BCUT2D eigenvalue weighted by Crippen LogP contribution is 2.33. The van der Waals surface area contributed by atoms with Crippen molar-refractivity contribution in [2.75, 3.05) is 31.7 Å². The van der Waals surface area contributed by atoms with E-state index in [1.54, 1.807) is 4.57 Å². The number of alkyl carbamates (subject to hydrolysis) is 1. The van der Waals surface area contributed by atoms with Crippen LogP contribution in [0.5, 0.6) is 0 Å². The number of ether oxygens (including phenoxy) is 2. The maximum atomic E-state index is 11.6. The number of carboxylic acids is 1. The van der Waals surface area contributed by atoms with E-state index in [1.165, 1.54) is 17.3 Å². The molecule has 37 heavy (non-hydrogen) atoms. The number of rotatable bonds is 8. The number of aliphatic imine (C=N–C) groups is 1. The molecule has 0 aliphatic carbocycles. The predicted molar refractivity (Wildman–Crippen MR) is 130 cm³/mol. The SMILES string of the molecule is O=C(O)CNC(=O)OCC1OC(n2cnc3c2NCN=C3NCCc2c[nH]c3ccccc23)C(O)C1O. The van der Waals surface area contributed by atoms with Crippen molar-refractivity contribution in [1.82, 2.24) is 25.2 Å². The second-order valence-corrected chi connectivity index (χ2v) is 8.62. The van der Waals surface area contributed by atoms with Gasteiger partial charge in [-0.3, -0.25) is 9.36 Å². The van der Waals surface area contributed by atoms with Gasteiger partial charge in [-0.2, -0.15) is 0 Å². The monoisotopic (exact) mass is 513 g/mol. The first-order chi connectivity index (χ1) is 17.9. The summed E-state index contributed by atoms with van der Waals surface area (Å²) in [5.74, 6) is -0.0747. The van der Waals surface area contributed by atoms with E-state index in [4.69, 9.17) is 14.6 Å². The van der Waals surface area contributed by atoms with Crippen LogP contribution in [-0.2, 0) is 20.7 Å². The number of aromatic amines is 1. The summed E-state index contributed by atoms with van der Waals surface area (Å²) in [6, 6.07) is 8.10. The maximum absolute atomic E-state index is 11.6. The Balaban J connectivity index is 1.21. The van der Waals surface area contributed by atoms with Gasteiger partial charge in [-0.15, -0.1) is 0 Å². The second-order valence-electron chi connectivity index (χ2n) is 8.62. The number of benzene rings is 1. The van der Waals surface area contributed by atoms with Gasteiger partial charge < -0.3 is 45.7 Å². The summed E-state index contributed by atoms with van der Waals surface area (Å²) in [5, 5.41) is 39.3. The number of hydrogen-bond acceptors (Lipinski definition) is 10. The van der Waals surface area contributed by atoms with Gasteiger partial charge in [-0.05, 0) is 18.1 Å². The zero-order valence-electron chi connectivity index (χ0n) is 19.6. The molecule has 7 N–H and O–H groups in total. The molecule has 196 valence electrons. The summed E-state index contributed by atoms with van der Waals surface area (Å²) >= 11 is 0. The van der Waals surface area contributed by atoms with Crippen molar-refractivity contribution in [3.05, 3.63) is 48.0 Å². The Morgan fingerprint density at radius 2 is 2.08 bits per heavy atom. The first kappa shape index (κ1) is 24.5. The Kier molecular flexibility index (Phi) is 6.94. The quantitative estimate of drug-likeness (QED) is 0.211. The molecular formula is C23H27N7O7. The van der Waals surface area contributed by atoms with E-state index in [-0.39, 0.29) is 13.3 Å². The van der Waals surface area contributed by atoms with Crippen LogP contribution >= 0.6 is 0 Å². The third kappa shape index (κ3) is 5.07. The first-order valence-electron chi connectivity index (χ1n) is 11.7. The largest absolute Gasteiger partial charge is 0.480 e.